The molecular weight excluding hydrogens is 719 g/mol. The minimum atomic E-state index is 0.588. The lowest BCUT2D eigenvalue weighted by atomic mass is 9.93. The third kappa shape index (κ3) is 5.12. The summed E-state index contributed by atoms with van der Waals surface area (Å²) in [6.45, 7) is 0. The van der Waals surface area contributed by atoms with Gasteiger partial charge in [-0.3, -0.25) is 0 Å². The first kappa shape index (κ1) is 31.9. The predicted octanol–water partition coefficient (Wildman–Crippen LogP) is 14.4. The summed E-state index contributed by atoms with van der Waals surface area (Å²) in [5, 5.41) is 6.69. The molecule has 266 valence electrons. The molecule has 8 aromatic carbocycles. The summed E-state index contributed by atoms with van der Waals surface area (Å²) < 4.78 is 15.8. The summed E-state index contributed by atoms with van der Waals surface area (Å²) in [4.78, 5) is 15.1. The molecule has 4 aromatic heterocycles. The molecule has 0 saturated heterocycles. The Kier molecular flexibility index (Phi) is 7.03. The second-order valence-corrected chi connectivity index (χ2v) is 15.4. The number of para-hydroxylation sites is 1. The lowest BCUT2D eigenvalue weighted by molar-refractivity contribution is 0.669. The maximum atomic E-state index is 6.75. The molecule has 0 fully saturated rings. The summed E-state index contributed by atoms with van der Waals surface area (Å²) in [5.41, 5.74) is 10.4. The molecule has 0 N–H and O–H groups in total. The van der Waals surface area contributed by atoms with Gasteiger partial charge in [0.1, 0.15) is 22.3 Å². The molecule has 4 heterocycles. The Labute approximate surface area is 330 Å². The van der Waals surface area contributed by atoms with Crippen LogP contribution in [0.4, 0.5) is 0 Å². The molecule has 0 atom stereocenters. The van der Waals surface area contributed by atoms with Crippen LogP contribution in [0.15, 0.2) is 185 Å². The highest BCUT2D eigenvalue weighted by molar-refractivity contribution is 7.25. The van der Waals surface area contributed by atoms with Gasteiger partial charge in [-0.15, -0.1) is 11.3 Å². The smallest absolute Gasteiger partial charge is 0.164 e. The Balaban J connectivity index is 1.06. The number of furan rings is 2. The number of thiophene rings is 1. The van der Waals surface area contributed by atoms with Gasteiger partial charge in [0, 0.05) is 64.0 Å². The summed E-state index contributed by atoms with van der Waals surface area (Å²) >= 11 is 1.83. The number of benzene rings is 8. The van der Waals surface area contributed by atoms with Gasteiger partial charge in [-0.05, 0) is 59.2 Å². The van der Waals surface area contributed by atoms with Crippen LogP contribution in [0.2, 0.25) is 0 Å². The summed E-state index contributed by atoms with van der Waals surface area (Å²) in [6, 6.07) is 60.9. The van der Waals surface area contributed by atoms with Crippen molar-refractivity contribution in [2.24, 2.45) is 0 Å². The largest absolute Gasteiger partial charge is 0.456 e. The minimum absolute atomic E-state index is 0.588. The van der Waals surface area contributed by atoms with Crippen molar-refractivity contribution in [3.8, 4) is 56.4 Å². The Hall–Kier alpha value is -7.41. The molecule has 12 rings (SSSR count). The zero-order chi connectivity index (χ0) is 37.5. The SMILES string of the molecule is c1ccc(-c2nc(-c3ccccc3)nc(-c3cccc4oc5ccc(-c6ccc(-c7ccc8c(c7)sc7ccccc78)c7oc8ccccc8c67)cc5c34)n2)cc1. The highest BCUT2D eigenvalue weighted by atomic mass is 32.1. The normalized spacial score (nSPS) is 11.9. The quantitative estimate of drug-likeness (QED) is 0.175. The van der Waals surface area contributed by atoms with E-state index in [0.29, 0.717) is 17.5 Å². The third-order valence-corrected chi connectivity index (χ3v) is 12.1. The number of hydrogen-bond acceptors (Lipinski definition) is 6. The molecule has 0 aliphatic rings. The van der Waals surface area contributed by atoms with Crippen molar-refractivity contribution in [2.45, 2.75) is 0 Å². The zero-order valence-electron chi connectivity index (χ0n) is 30.3. The first-order valence-corrected chi connectivity index (χ1v) is 19.7. The van der Waals surface area contributed by atoms with E-state index in [0.717, 1.165) is 82.8 Å². The molecule has 0 amide bonds. The highest BCUT2D eigenvalue weighted by Crippen LogP contribution is 2.45. The van der Waals surface area contributed by atoms with E-state index in [-0.39, 0.29) is 0 Å². The average Bonchev–Trinajstić information content (AvgIpc) is 3.97. The van der Waals surface area contributed by atoms with Gasteiger partial charge < -0.3 is 8.83 Å². The molecule has 0 radical (unpaired) electrons. The van der Waals surface area contributed by atoms with E-state index in [2.05, 4.69) is 97.1 Å². The molecule has 5 nitrogen and oxygen atoms in total. The molecule has 0 saturated carbocycles. The van der Waals surface area contributed by atoms with Gasteiger partial charge in [0.25, 0.3) is 0 Å². The van der Waals surface area contributed by atoms with Crippen molar-refractivity contribution in [2.75, 3.05) is 0 Å². The van der Waals surface area contributed by atoms with Crippen molar-refractivity contribution < 1.29 is 8.83 Å². The van der Waals surface area contributed by atoms with Crippen LogP contribution < -0.4 is 0 Å². The molecule has 0 unspecified atom stereocenters. The van der Waals surface area contributed by atoms with Crippen molar-refractivity contribution in [3.05, 3.63) is 176 Å². The van der Waals surface area contributed by atoms with Gasteiger partial charge in [-0.2, -0.15) is 0 Å². The molecular formula is C51H29N3O2S. The van der Waals surface area contributed by atoms with Crippen LogP contribution in [0, 0.1) is 0 Å². The highest BCUT2D eigenvalue weighted by Gasteiger charge is 2.21. The van der Waals surface area contributed by atoms with Gasteiger partial charge >= 0.3 is 0 Å². The van der Waals surface area contributed by atoms with Gasteiger partial charge in [0.15, 0.2) is 17.5 Å². The lowest BCUT2D eigenvalue weighted by Gasteiger charge is -2.10. The number of rotatable bonds is 5. The number of aromatic nitrogens is 3. The van der Waals surface area contributed by atoms with E-state index < -0.39 is 0 Å². The first-order chi connectivity index (χ1) is 28.2. The van der Waals surface area contributed by atoms with Crippen LogP contribution in [0.5, 0.6) is 0 Å². The van der Waals surface area contributed by atoms with E-state index >= 15 is 0 Å². The average molecular weight is 748 g/mol. The fourth-order valence-corrected chi connectivity index (χ4v) is 9.44. The molecule has 0 aliphatic carbocycles. The van der Waals surface area contributed by atoms with Crippen LogP contribution in [0.1, 0.15) is 0 Å². The standard InChI is InChI=1S/C51H29N3O2S/c1-3-12-30(13-4-1)49-52-50(31-14-5-2-6-15-31)54-51(53-49)39-18-11-20-43-46(39)40-28-32(23-27-42(40)55-43)34-25-26-35(48-47(34)38-17-7-9-19-41(38)56-48)33-22-24-37-36-16-8-10-21-44(36)57-45(37)29-33/h1-29H. The van der Waals surface area contributed by atoms with Crippen LogP contribution in [0.25, 0.3) is 120 Å². The van der Waals surface area contributed by atoms with Crippen molar-refractivity contribution >= 4 is 75.4 Å². The van der Waals surface area contributed by atoms with E-state index in [9.17, 15) is 0 Å². The Bertz CT molecular complexity index is 3470. The van der Waals surface area contributed by atoms with E-state index in [4.69, 9.17) is 23.8 Å². The molecule has 12 aromatic rings. The molecule has 6 heteroatoms. The van der Waals surface area contributed by atoms with Gasteiger partial charge in [-0.25, -0.2) is 15.0 Å². The van der Waals surface area contributed by atoms with Crippen LogP contribution in [-0.4, -0.2) is 15.0 Å². The van der Waals surface area contributed by atoms with Crippen LogP contribution in [0.3, 0.4) is 0 Å². The van der Waals surface area contributed by atoms with E-state index in [1.165, 1.54) is 20.2 Å². The monoisotopic (exact) mass is 747 g/mol. The Morgan fingerprint density at radius 1 is 0.333 bits per heavy atom. The number of nitrogens with zero attached hydrogens (tertiary/aromatic N) is 3. The lowest BCUT2D eigenvalue weighted by Crippen LogP contribution is -2.00. The van der Waals surface area contributed by atoms with Gasteiger partial charge in [-0.1, -0.05) is 133 Å². The maximum Gasteiger partial charge on any atom is 0.164 e. The van der Waals surface area contributed by atoms with Crippen molar-refractivity contribution in [3.63, 3.8) is 0 Å². The summed E-state index contributed by atoms with van der Waals surface area (Å²) in [7, 11) is 0. The number of fused-ring (bicyclic) bond motifs is 9. The summed E-state index contributed by atoms with van der Waals surface area (Å²) in [6.07, 6.45) is 0. The van der Waals surface area contributed by atoms with Crippen LogP contribution in [-0.2, 0) is 0 Å². The fourth-order valence-electron chi connectivity index (χ4n) is 8.30. The second kappa shape index (κ2) is 12.6. The molecule has 0 spiro atoms. The predicted molar refractivity (Wildman–Crippen MR) is 234 cm³/mol. The fraction of sp³-hybridized carbons (Fsp3) is 0. The van der Waals surface area contributed by atoms with E-state index in [1.807, 2.05) is 90.2 Å². The topological polar surface area (TPSA) is 65.0 Å². The Morgan fingerprint density at radius 2 is 0.947 bits per heavy atom. The van der Waals surface area contributed by atoms with Crippen molar-refractivity contribution in [1.29, 1.82) is 0 Å². The second-order valence-electron chi connectivity index (χ2n) is 14.3. The Morgan fingerprint density at radius 3 is 1.75 bits per heavy atom. The van der Waals surface area contributed by atoms with E-state index in [1.54, 1.807) is 0 Å². The van der Waals surface area contributed by atoms with Crippen LogP contribution >= 0.6 is 11.3 Å². The number of hydrogen-bond donors (Lipinski definition) is 0. The van der Waals surface area contributed by atoms with Crippen molar-refractivity contribution in [1.82, 2.24) is 15.0 Å². The zero-order valence-corrected chi connectivity index (χ0v) is 31.1. The molecule has 0 aliphatic heterocycles. The van der Waals surface area contributed by atoms with Gasteiger partial charge in [0.2, 0.25) is 0 Å². The summed E-state index contributed by atoms with van der Waals surface area (Å²) in [5.74, 6) is 1.82. The molecule has 57 heavy (non-hydrogen) atoms. The van der Waals surface area contributed by atoms with Gasteiger partial charge in [0.05, 0.1) is 0 Å². The maximum absolute atomic E-state index is 6.75. The molecule has 0 bridgehead atoms. The first-order valence-electron chi connectivity index (χ1n) is 18.9. The third-order valence-electron chi connectivity index (χ3n) is 11.0. The minimum Gasteiger partial charge on any atom is -0.456 e.